The van der Waals surface area contributed by atoms with Gasteiger partial charge in [0.25, 0.3) is 0 Å². The summed E-state index contributed by atoms with van der Waals surface area (Å²) in [5, 5.41) is 29.1. The first-order valence-electron chi connectivity index (χ1n) is 5.07. The predicted octanol–water partition coefficient (Wildman–Crippen LogP) is 2.50. The molecule has 5 nitrogen and oxygen atoms in total. The number of hydrogen-bond donors (Lipinski definition) is 1. The number of allylic oxidation sites excluding steroid dienone is 2. The van der Waals surface area contributed by atoms with E-state index in [0.29, 0.717) is 11.3 Å². The highest BCUT2D eigenvalue weighted by Crippen LogP contribution is 2.14. The van der Waals surface area contributed by atoms with Crippen molar-refractivity contribution in [3.05, 3.63) is 41.1 Å². The molecule has 0 aliphatic rings. The Labute approximate surface area is 118 Å². The third-order valence-corrected chi connectivity index (χ3v) is 2.69. The molecule has 0 aliphatic carbocycles. The first-order chi connectivity index (χ1) is 9.15. The average molecular weight is 315 g/mol. The molecule has 0 aliphatic heterocycles. The second kappa shape index (κ2) is 6.96. The zero-order valence-corrected chi connectivity index (χ0v) is 11.2. The number of carbonyl (C=O) groups is 1. The van der Waals surface area contributed by atoms with Crippen molar-refractivity contribution in [1.29, 1.82) is 15.8 Å². The molecule has 0 aromatic heterocycles. The summed E-state index contributed by atoms with van der Waals surface area (Å²) in [6.45, 7) is 0. The fourth-order valence-corrected chi connectivity index (χ4v) is 1.57. The molecule has 0 saturated carbocycles. The van der Waals surface area contributed by atoms with Gasteiger partial charge in [-0.05, 0) is 24.3 Å². The molecule has 0 unspecified atom stereocenters. The number of ketones is 1. The van der Waals surface area contributed by atoms with Crippen molar-refractivity contribution >= 4 is 27.4 Å². The molecule has 1 aromatic rings. The molecular formula is C13H7BrN4O. The van der Waals surface area contributed by atoms with Gasteiger partial charge in [-0.15, -0.1) is 0 Å². The van der Waals surface area contributed by atoms with Crippen LogP contribution >= 0.6 is 15.9 Å². The molecule has 0 amide bonds. The lowest BCUT2D eigenvalue weighted by molar-refractivity contribution is 0.102. The summed E-state index contributed by atoms with van der Waals surface area (Å²) in [5.41, 5.74) is 0.643. The largest absolute Gasteiger partial charge is 0.345 e. The monoisotopic (exact) mass is 314 g/mol. The summed E-state index contributed by atoms with van der Waals surface area (Å²) < 4.78 is 0. The van der Waals surface area contributed by atoms with Crippen molar-refractivity contribution in [2.75, 3.05) is 10.6 Å². The lowest BCUT2D eigenvalue weighted by Crippen LogP contribution is -2.02. The van der Waals surface area contributed by atoms with Crippen LogP contribution in [0.1, 0.15) is 10.4 Å². The first-order valence-corrected chi connectivity index (χ1v) is 6.19. The minimum absolute atomic E-state index is 0.0580. The number of nitrogens with one attached hydrogen (secondary N) is 1. The molecule has 1 rings (SSSR count). The molecule has 0 heterocycles. The summed E-state index contributed by atoms with van der Waals surface area (Å²) in [7, 11) is 0. The van der Waals surface area contributed by atoms with Gasteiger partial charge in [0.1, 0.15) is 23.9 Å². The highest BCUT2D eigenvalue weighted by molar-refractivity contribution is 9.09. The fraction of sp³-hybridized carbons (Fsp3) is 0.0769. The van der Waals surface area contributed by atoms with Crippen LogP contribution in [0.25, 0.3) is 0 Å². The van der Waals surface area contributed by atoms with Gasteiger partial charge in [0.05, 0.1) is 5.33 Å². The minimum atomic E-state index is -0.289. The van der Waals surface area contributed by atoms with Crippen molar-refractivity contribution in [2.45, 2.75) is 0 Å². The van der Waals surface area contributed by atoms with E-state index in [9.17, 15) is 4.79 Å². The Morgan fingerprint density at radius 2 is 1.68 bits per heavy atom. The molecular weight excluding hydrogens is 308 g/mol. The maximum atomic E-state index is 11.4. The van der Waals surface area contributed by atoms with Crippen LogP contribution in [-0.4, -0.2) is 11.1 Å². The number of hydrogen-bond acceptors (Lipinski definition) is 5. The van der Waals surface area contributed by atoms with Gasteiger partial charge >= 0.3 is 0 Å². The van der Waals surface area contributed by atoms with Gasteiger partial charge in [0, 0.05) is 11.3 Å². The van der Waals surface area contributed by atoms with E-state index in [1.165, 1.54) is 0 Å². The molecule has 0 spiro atoms. The Morgan fingerprint density at radius 1 is 1.11 bits per heavy atom. The van der Waals surface area contributed by atoms with Crippen LogP contribution in [0.15, 0.2) is 35.5 Å². The number of nitriles is 3. The zero-order chi connectivity index (χ0) is 14.3. The fourth-order valence-electron chi connectivity index (χ4n) is 1.24. The summed E-state index contributed by atoms with van der Waals surface area (Å²) in [6, 6.07) is 11.4. The van der Waals surface area contributed by atoms with Crippen LogP contribution < -0.4 is 5.32 Å². The maximum Gasteiger partial charge on any atom is 0.173 e. The minimum Gasteiger partial charge on any atom is -0.345 e. The Bertz CT molecular complexity index is 625. The van der Waals surface area contributed by atoms with E-state index in [1.807, 2.05) is 0 Å². The molecule has 0 saturated heterocycles. The van der Waals surface area contributed by atoms with E-state index < -0.39 is 0 Å². The van der Waals surface area contributed by atoms with Crippen LogP contribution in [0.4, 0.5) is 5.69 Å². The van der Waals surface area contributed by atoms with Gasteiger partial charge < -0.3 is 5.32 Å². The number of carbonyl (C=O) groups excluding carboxylic acids is 1. The molecule has 92 valence electrons. The van der Waals surface area contributed by atoms with E-state index in [0.717, 1.165) is 0 Å². The van der Waals surface area contributed by atoms with Crippen LogP contribution in [0.5, 0.6) is 0 Å². The van der Waals surface area contributed by atoms with Crippen molar-refractivity contribution < 1.29 is 4.79 Å². The van der Waals surface area contributed by atoms with E-state index in [4.69, 9.17) is 15.8 Å². The van der Waals surface area contributed by atoms with Gasteiger partial charge in [0.2, 0.25) is 0 Å². The molecule has 1 N–H and O–H groups in total. The Kier molecular flexibility index (Phi) is 5.29. The third kappa shape index (κ3) is 3.67. The van der Waals surface area contributed by atoms with E-state index >= 15 is 0 Å². The van der Waals surface area contributed by atoms with Crippen molar-refractivity contribution in [3.63, 3.8) is 0 Å². The second-order valence-corrected chi connectivity index (χ2v) is 3.91. The van der Waals surface area contributed by atoms with Gasteiger partial charge in [-0.25, -0.2) is 0 Å². The quantitative estimate of drug-likeness (QED) is 0.522. The molecule has 0 atom stereocenters. The predicted molar refractivity (Wildman–Crippen MR) is 72.1 cm³/mol. The third-order valence-electron chi connectivity index (χ3n) is 2.18. The van der Waals surface area contributed by atoms with Crippen molar-refractivity contribution in [1.82, 2.24) is 0 Å². The summed E-state index contributed by atoms with van der Waals surface area (Å²) in [6.07, 6.45) is 0. The van der Waals surface area contributed by atoms with Crippen molar-refractivity contribution in [3.8, 4) is 18.2 Å². The van der Waals surface area contributed by atoms with Gasteiger partial charge in [-0.2, -0.15) is 15.8 Å². The number of rotatable bonds is 4. The van der Waals surface area contributed by atoms with Crippen LogP contribution in [0, 0.1) is 34.0 Å². The van der Waals surface area contributed by atoms with E-state index in [1.54, 1.807) is 42.5 Å². The Morgan fingerprint density at radius 3 is 2.11 bits per heavy atom. The maximum absolute atomic E-state index is 11.4. The highest BCUT2D eigenvalue weighted by atomic mass is 79.9. The Hall–Kier alpha value is -2.62. The van der Waals surface area contributed by atoms with E-state index in [-0.39, 0.29) is 22.4 Å². The molecule has 19 heavy (non-hydrogen) atoms. The van der Waals surface area contributed by atoms with E-state index in [2.05, 4.69) is 21.2 Å². The first kappa shape index (κ1) is 14.4. The topological polar surface area (TPSA) is 100 Å². The number of alkyl halides is 1. The van der Waals surface area contributed by atoms with Crippen molar-refractivity contribution in [2.24, 2.45) is 0 Å². The molecule has 0 fully saturated rings. The zero-order valence-electron chi connectivity index (χ0n) is 9.64. The lowest BCUT2D eigenvalue weighted by Gasteiger charge is -2.05. The normalized spacial score (nSPS) is 8.53. The summed E-state index contributed by atoms with van der Waals surface area (Å²) in [5.74, 6) is -0.0580. The average Bonchev–Trinajstić information content (AvgIpc) is 2.47. The van der Waals surface area contributed by atoms with Crippen LogP contribution in [-0.2, 0) is 0 Å². The van der Waals surface area contributed by atoms with Gasteiger partial charge in [0.15, 0.2) is 11.4 Å². The number of nitrogens with zero attached hydrogens (tertiary/aromatic N) is 3. The standard InChI is InChI=1S/C13H7BrN4O/c14-5-13(19)9-1-3-11(4-2-9)18-12(8-17)10(6-15)7-16/h1-4,18H,5H2. The summed E-state index contributed by atoms with van der Waals surface area (Å²) >= 11 is 3.07. The smallest absolute Gasteiger partial charge is 0.173 e. The number of Topliss-reactive ketones (excluding diaryl/α,β-unsaturated/α-hetero) is 1. The SMILES string of the molecule is N#CC(C#N)=C(C#N)Nc1ccc(C(=O)CBr)cc1. The highest BCUT2D eigenvalue weighted by Gasteiger charge is 2.07. The second-order valence-electron chi connectivity index (χ2n) is 3.34. The van der Waals surface area contributed by atoms with Crippen LogP contribution in [0.2, 0.25) is 0 Å². The van der Waals surface area contributed by atoms with Crippen LogP contribution in [0.3, 0.4) is 0 Å². The molecule has 0 bridgehead atoms. The lowest BCUT2D eigenvalue weighted by atomic mass is 10.1. The summed E-state index contributed by atoms with van der Waals surface area (Å²) in [4.78, 5) is 11.4. The Balaban J connectivity index is 3.00. The molecule has 1 aromatic carbocycles. The van der Waals surface area contributed by atoms with Gasteiger partial charge in [-0.1, -0.05) is 15.9 Å². The number of halogens is 1. The number of benzene rings is 1. The molecule has 6 heteroatoms. The molecule has 0 radical (unpaired) electrons. The van der Waals surface area contributed by atoms with Gasteiger partial charge in [-0.3, -0.25) is 4.79 Å². The number of anilines is 1.